The van der Waals surface area contributed by atoms with Gasteiger partial charge in [-0.3, -0.25) is 14.4 Å². The molecule has 0 aromatic heterocycles. The predicted octanol–water partition coefficient (Wildman–Crippen LogP) is 2.95. The lowest BCUT2D eigenvalue weighted by Gasteiger charge is -2.62. The molecule has 4 fully saturated rings. The van der Waals surface area contributed by atoms with Crippen LogP contribution in [0.5, 0.6) is 0 Å². The molecule has 2 bridgehead atoms. The molecule has 3 atom stereocenters. The van der Waals surface area contributed by atoms with E-state index in [4.69, 9.17) is 11.6 Å². The van der Waals surface area contributed by atoms with Crippen molar-refractivity contribution in [3.8, 4) is 0 Å². The highest BCUT2D eigenvalue weighted by Gasteiger charge is 2.64. The Morgan fingerprint density at radius 3 is 2.34 bits per heavy atom. The maximum absolute atomic E-state index is 13.7. The highest BCUT2D eigenvalue weighted by atomic mass is 35.5. The van der Waals surface area contributed by atoms with E-state index in [2.05, 4.69) is 16.0 Å². The van der Waals surface area contributed by atoms with Gasteiger partial charge in [0.05, 0.1) is 20.8 Å². The molecule has 2 aromatic carbocycles. The first-order valence-electron chi connectivity index (χ1n) is 13.0. The lowest BCUT2D eigenvalue weighted by Crippen LogP contribution is -2.71. The van der Waals surface area contributed by atoms with Crippen LogP contribution in [0.2, 0.25) is 5.02 Å². The van der Waals surface area contributed by atoms with Gasteiger partial charge in [-0.05, 0) is 55.2 Å². The van der Waals surface area contributed by atoms with Crippen molar-refractivity contribution in [1.82, 2.24) is 10.6 Å². The highest BCUT2D eigenvalue weighted by molar-refractivity contribution is 7.92. The second-order valence-electron chi connectivity index (χ2n) is 10.9. The third kappa shape index (κ3) is 5.19. The van der Waals surface area contributed by atoms with Gasteiger partial charge in [0.25, 0.3) is 5.91 Å². The van der Waals surface area contributed by atoms with Crippen LogP contribution in [0, 0.1) is 35.2 Å². The summed E-state index contributed by atoms with van der Waals surface area (Å²) in [6.07, 6.45) is 0.794. The van der Waals surface area contributed by atoms with Gasteiger partial charge in [0.1, 0.15) is 6.04 Å². The number of halogens is 4. The summed E-state index contributed by atoms with van der Waals surface area (Å²) in [5.41, 5.74) is -1.84. The molecule has 2 aromatic rings. The number of hydrogen-bond donors (Lipinski definition) is 4. The number of hydrogen-bond acceptors (Lipinski definition) is 6. The number of rotatable bonds is 7. The van der Waals surface area contributed by atoms with Gasteiger partial charge in [0.15, 0.2) is 27.3 Å². The Hall–Kier alpha value is -3.16. The second-order valence-corrected chi connectivity index (χ2v) is 13.5. The monoisotopic (exact) mass is 613 g/mol. The van der Waals surface area contributed by atoms with Crippen LogP contribution in [0.4, 0.5) is 18.9 Å². The zero-order chi connectivity index (χ0) is 29.9. The van der Waals surface area contributed by atoms with E-state index in [1.165, 1.54) is 12.1 Å². The molecule has 3 aliphatic carbocycles. The molecule has 1 saturated heterocycles. The van der Waals surface area contributed by atoms with Crippen LogP contribution in [0.3, 0.4) is 0 Å². The number of carbonyl (C=O) groups is 3. The maximum Gasteiger partial charge on any atom is 0.255 e. The molecule has 9 nitrogen and oxygen atoms in total. The first kappa shape index (κ1) is 29.3. The number of anilines is 1. The zero-order valence-corrected chi connectivity index (χ0v) is 23.3. The standard InChI is InChI=1S/C27H27ClF3N3O6S/c1-12-16-9-15(10-17(12)27(16,38)11-32-26(37)21-4-5-23(35)34-21)41(39,40)22-6-13(2-3-18(22)28)25(36)33-14-7-19(29)24(31)20(30)8-14/h2-3,6-8,12,15-17,21,38H,4-5,9-11H2,1H3,(H,32,37)(H,33,36)(H,34,35)/t12?,15?,16?,17?,21-,27?/m0/s1. The molecular weight excluding hydrogens is 587 g/mol. The minimum absolute atomic E-state index is 0.00128. The van der Waals surface area contributed by atoms with Gasteiger partial charge >= 0.3 is 0 Å². The SMILES string of the molecule is CC1C2CC(S(=O)(=O)c3cc(C(=O)Nc4cc(F)c(F)c(F)c4)ccc3Cl)CC1C2(O)CNC(=O)[C@@H]1CCC(=O)N1. The van der Waals surface area contributed by atoms with Gasteiger partial charge in [-0.25, -0.2) is 21.6 Å². The Bertz CT molecular complexity index is 1520. The summed E-state index contributed by atoms with van der Waals surface area (Å²) < 4.78 is 67.7. The zero-order valence-electron chi connectivity index (χ0n) is 21.7. The van der Waals surface area contributed by atoms with Gasteiger partial charge in [0, 0.05) is 36.3 Å². The smallest absolute Gasteiger partial charge is 0.255 e. The molecule has 3 amide bonds. The van der Waals surface area contributed by atoms with E-state index >= 15 is 0 Å². The van der Waals surface area contributed by atoms with Crippen LogP contribution in [0.25, 0.3) is 0 Å². The lowest BCUT2D eigenvalue weighted by molar-refractivity contribution is -0.213. The van der Waals surface area contributed by atoms with E-state index < -0.39 is 67.8 Å². The van der Waals surface area contributed by atoms with Gasteiger partial charge in [-0.2, -0.15) is 0 Å². The van der Waals surface area contributed by atoms with Crippen LogP contribution in [-0.4, -0.2) is 54.7 Å². The molecule has 4 aliphatic rings. The predicted molar refractivity (Wildman–Crippen MR) is 141 cm³/mol. The van der Waals surface area contributed by atoms with E-state index in [-0.39, 0.29) is 58.8 Å². The average Bonchev–Trinajstić information content (AvgIpc) is 3.37. The number of fused-ring (bicyclic) bond motifs is 2. The summed E-state index contributed by atoms with van der Waals surface area (Å²) in [7, 11) is -4.09. The summed E-state index contributed by atoms with van der Waals surface area (Å²) >= 11 is 6.23. The molecule has 6 rings (SSSR count). The number of amides is 3. The van der Waals surface area contributed by atoms with E-state index in [1.54, 1.807) is 0 Å². The van der Waals surface area contributed by atoms with Crippen molar-refractivity contribution in [3.63, 3.8) is 0 Å². The molecule has 3 saturated carbocycles. The quantitative estimate of drug-likeness (QED) is 0.354. The number of nitrogens with one attached hydrogen (secondary N) is 3. The van der Waals surface area contributed by atoms with E-state index in [0.717, 1.165) is 6.07 Å². The lowest BCUT2D eigenvalue weighted by atomic mass is 9.48. The van der Waals surface area contributed by atoms with Gasteiger partial charge in [0.2, 0.25) is 11.8 Å². The molecule has 4 N–H and O–H groups in total. The highest BCUT2D eigenvalue weighted by Crippen LogP contribution is 2.59. The first-order valence-corrected chi connectivity index (χ1v) is 14.9. The van der Waals surface area contributed by atoms with Crippen molar-refractivity contribution in [2.75, 3.05) is 11.9 Å². The molecular formula is C27H27ClF3N3O6S. The van der Waals surface area contributed by atoms with Crippen molar-refractivity contribution in [1.29, 1.82) is 0 Å². The van der Waals surface area contributed by atoms with Gasteiger partial charge in [-0.15, -0.1) is 0 Å². The van der Waals surface area contributed by atoms with E-state index in [0.29, 0.717) is 18.6 Å². The van der Waals surface area contributed by atoms with Crippen LogP contribution in [-0.2, 0) is 19.4 Å². The minimum atomic E-state index is -4.09. The summed E-state index contributed by atoms with van der Waals surface area (Å²) in [4.78, 5) is 36.3. The Morgan fingerprint density at radius 2 is 1.76 bits per heavy atom. The third-order valence-electron chi connectivity index (χ3n) is 8.63. The largest absolute Gasteiger partial charge is 0.387 e. The van der Waals surface area contributed by atoms with Crippen molar-refractivity contribution in [2.45, 2.75) is 54.4 Å². The van der Waals surface area contributed by atoms with Crippen LogP contribution < -0.4 is 16.0 Å². The maximum atomic E-state index is 13.7. The van der Waals surface area contributed by atoms with Gasteiger partial charge < -0.3 is 21.1 Å². The molecule has 0 spiro atoms. The molecule has 41 heavy (non-hydrogen) atoms. The summed E-state index contributed by atoms with van der Waals surface area (Å²) in [5.74, 6) is -7.10. The third-order valence-corrected chi connectivity index (χ3v) is 11.3. The number of benzene rings is 2. The van der Waals surface area contributed by atoms with Crippen molar-refractivity contribution < 1.29 is 41.1 Å². The fourth-order valence-corrected chi connectivity index (χ4v) is 8.75. The van der Waals surface area contributed by atoms with Crippen molar-refractivity contribution >= 4 is 44.8 Å². The van der Waals surface area contributed by atoms with E-state index in [1.807, 2.05) is 6.92 Å². The number of aliphatic hydroxyl groups is 1. The second kappa shape index (κ2) is 10.6. The molecule has 1 aliphatic heterocycles. The Labute approximate surface area is 238 Å². The average molecular weight is 614 g/mol. The van der Waals surface area contributed by atoms with Crippen LogP contribution >= 0.6 is 11.6 Å². The van der Waals surface area contributed by atoms with Crippen LogP contribution in [0.15, 0.2) is 35.2 Å². The minimum Gasteiger partial charge on any atom is -0.387 e. The summed E-state index contributed by atoms with van der Waals surface area (Å²) in [6.45, 7) is 1.83. The molecule has 2 unspecified atom stereocenters. The van der Waals surface area contributed by atoms with Gasteiger partial charge in [-0.1, -0.05) is 18.5 Å². The van der Waals surface area contributed by atoms with Crippen LogP contribution in [0.1, 0.15) is 43.0 Å². The molecule has 220 valence electrons. The molecule has 14 heteroatoms. The molecule has 1 heterocycles. The Balaban J connectivity index is 1.30. The fourth-order valence-electron chi connectivity index (χ4n) is 6.40. The number of carbonyl (C=O) groups excluding carboxylic acids is 3. The van der Waals surface area contributed by atoms with Crippen molar-refractivity contribution in [3.05, 3.63) is 58.4 Å². The van der Waals surface area contributed by atoms with Crippen molar-refractivity contribution in [2.24, 2.45) is 17.8 Å². The fraction of sp³-hybridized carbons (Fsp3) is 0.444. The topological polar surface area (TPSA) is 142 Å². The summed E-state index contributed by atoms with van der Waals surface area (Å²) in [5, 5.41) is 17.8. The summed E-state index contributed by atoms with van der Waals surface area (Å²) in [6, 6.07) is 4.04. The van der Waals surface area contributed by atoms with E-state index in [9.17, 15) is 41.1 Å². The Kier molecular flexibility index (Phi) is 7.58. The first-order chi connectivity index (χ1) is 19.2. The number of sulfone groups is 1. The normalized spacial score (nSPS) is 28.9. The Morgan fingerprint density at radius 1 is 1.12 bits per heavy atom. The molecule has 0 radical (unpaired) electrons.